The van der Waals surface area contributed by atoms with E-state index in [4.69, 9.17) is 9.47 Å². The average molecular weight is 295 g/mol. The van der Waals surface area contributed by atoms with Crippen molar-refractivity contribution in [2.24, 2.45) is 5.41 Å². The number of ether oxygens (including phenoxy) is 2. The van der Waals surface area contributed by atoms with Gasteiger partial charge in [-0.25, -0.2) is 8.42 Å². The fourth-order valence-electron chi connectivity index (χ4n) is 2.97. The minimum atomic E-state index is -3.43. The molecule has 0 spiro atoms. The lowest BCUT2D eigenvalue weighted by Crippen LogP contribution is -2.16. The van der Waals surface area contributed by atoms with Crippen molar-refractivity contribution in [3.05, 3.63) is 23.8 Å². The minimum absolute atomic E-state index is 0.127. The fraction of sp³-hybridized carbons (Fsp3) is 0.462. The summed E-state index contributed by atoms with van der Waals surface area (Å²) in [5.74, 6) is 0.588. The fourth-order valence-corrected chi connectivity index (χ4v) is 4.82. The molecular weight excluding hydrogens is 282 g/mol. The Kier molecular flexibility index (Phi) is 2.71. The molecule has 106 valence electrons. The van der Waals surface area contributed by atoms with E-state index in [0.717, 1.165) is 6.26 Å². The molecule has 0 aromatic heterocycles. The Hall–Kier alpha value is -1.78. The van der Waals surface area contributed by atoms with E-state index >= 15 is 0 Å². The molecule has 3 atom stereocenters. The van der Waals surface area contributed by atoms with Crippen molar-refractivity contribution in [3.8, 4) is 17.6 Å². The van der Waals surface area contributed by atoms with Crippen LogP contribution < -0.4 is 9.47 Å². The predicted octanol–water partition coefficient (Wildman–Crippen LogP) is 0.428. The van der Waals surface area contributed by atoms with Gasteiger partial charge < -0.3 is 14.6 Å². The van der Waals surface area contributed by atoms with Crippen molar-refractivity contribution >= 4 is 9.84 Å². The Morgan fingerprint density at radius 1 is 1.45 bits per heavy atom. The van der Waals surface area contributed by atoms with Crippen LogP contribution in [0.25, 0.3) is 0 Å². The number of rotatable bonds is 3. The average Bonchev–Trinajstić information content (AvgIpc) is 2.89. The Morgan fingerprint density at radius 2 is 2.15 bits per heavy atom. The first kappa shape index (κ1) is 13.2. The summed E-state index contributed by atoms with van der Waals surface area (Å²) in [5.41, 5.74) is -0.596. The molecule has 0 amide bonds. The first-order valence-electron chi connectivity index (χ1n) is 6.04. The maximum absolute atomic E-state index is 11.8. The van der Waals surface area contributed by atoms with Crippen LogP contribution >= 0.6 is 0 Å². The van der Waals surface area contributed by atoms with Crippen molar-refractivity contribution in [2.75, 3.05) is 19.7 Å². The van der Waals surface area contributed by atoms with E-state index < -0.39 is 33.0 Å². The lowest BCUT2D eigenvalue weighted by molar-refractivity contribution is 0.174. The highest BCUT2D eigenvalue weighted by Crippen LogP contribution is 2.62. The number of hydrogen-bond donors (Lipinski definition) is 1. The van der Waals surface area contributed by atoms with Crippen molar-refractivity contribution in [1.82, 2.24) is 0 Å². The van der Waals surface area contributed by atoms with Gasteiger partial charge in [-0.3, -0.25) is 0 Å². The van der Waals surface area contributed by atoms with Crippen molar-refractivity contribution in [1.29, 1.82) is 5.26 Å². The lowest BCUT2D eigenvalue weighted by atomic mass is 10.0. The molecule has 1 aromatic carbocycles. The number of benzene rings is 1. The van der Waals surface area contributed by atoms with Crippen LogP contribution in [0.15, 0.2) is 18.2 Å². The Labute approximate surface area is 116 Å². The van der Waals surface area contributed by atoms with Gasteiger partial charge in [-0.1, -0.05) is 6.07 Å². The molecule has 6 nitrogen and oxygen atoms in total. The SMILES string of the molecule is CS(=O)(=O)C1C(c2ccc3c(c2)OCO3)C1(C#N)CO. The maximum atomic E-state index is 11.8. The third-order valence-electron chi connectivity index (χ3n) is 3.94. The van der Waals surface area contributed by atoms with Crippen molar-refractivity contribution < 1.29 is 23.0 Å². The summed E-state index contributed by atoms with van der Waals surface area (Å²) in [6.07, 6.45) is 1.09. The van der Waals surface area contributed by atoms with Crippen LogP contribution in [0.4, 0.5) is 0 Å². The van der Waals surface area contributed by atoms with Crippen LogP contribution in [0.5, 0.6) is 11.5 Å². The number of fused-ring (bicyclic) bond motifs is 1. The highest BCUT2D eigenvalue weighted by atomic mass is 32.2. The van der Waals surface area contributed by atoms with Gasteiger partial charge in [-0.2, -0.15) is 5.26 Å². The quantitative estimate of drug-likeness (QED) is 0.868. The summed E-state index contributed by atoms with van der Waals surface area (Å²) >= 11 is 0. The van der Waals surface area contributed by atoms with Crippen LogP contribution in [0.3, 0.4) is 0 Å². The summed E-state index contributed by atoms with van der Waals surface area (Å²) < 4.78 is 34.1. The van der Waals surface area contributed by atoms with E-state index in [1.165, 1.54) is 0 Å². The molecule has 1 saturated carbocycles. The third kappa shape index (κ3) is 1.69. The number of aliphatic hydroxyl groups excluding tert-OH is 1. The summed E-state index contributed by atoms with van der Waals surface area (Å²) in [6.45, 7) is -0.358. The molecule has 2 aliphatic rings. The molecule has 1 heterocycles. The predicted molar refractivity (Wildman–Crippen MR) is 69.1 cm³/mol. The van der Waals surface area contributed by atoms with Gasteiger partial charge in [0.05, 0.1) is 17.9 Å². The first-order chi connectivity index (χ1) is 9.44. The van der Waals surface area contributed by atoms with Gasteiger partial charge >= 0.3 is 0 Å². The van der Waals surface area contributed by atoms with E-state index in [2.05, 4.69) is 0 Å². The summed E-state index contributed by atoms with van der Waals surface area (Å²) in [4.78, 5) is 0. The van der Waals surface area contributed by atoms with Crippen LogP contribution in [-0.4, -0.2) is 38.4 Å². The molecule has 0 saturated heterocycles. The van der Waals surface area contributed by atoms with Gasteiger partial charge in [-0.05, 0) is 17.7 Å². The smallest absolute Gasteiger partial charge is 0.231 e. The molecule has 3 rings (SSSR count). The maximum Gasteiger partial charge on any atom is 0.231 e. The van der Waals surface area contributed by atoms with Crippen LogP contribution in [0.2, 0.25) is 0 Å². The van der Waals surface area contributed by atoms with Gasteiger partial charge in [0.2, 0.25) is 6.79 Å². The molecule has 1 aromatic rings. The zero-order valence-electron chi connectivity index (χ0n) is 10.7. The van der Waals surface area contributed by atoms with E-state index in [9.17, 15) is 18.8 Å². The summed E-state index contributed by atoms with van der Waals surface area (Å²) in [6, 6.07) is 7.06. The molecule has 0 bridgehead atoms. The molecule has 1 aliphatic heterocycles. The number of sulfone groups is 1. The third-order valence-corrected chi connectivity index (χ3v) is 5.56. The molecule has 7 heteroatoms. The largest absolute Gasteiger partial charge is 0.454 e. The zero-order chi connectivity index (χ0) is 14.5. The monoisotopic (exact) mass is 295 g/mol. The van der Waals surface area contributed by atoms with E-state index in [-0.39, 0.29) is 6.79 Å². The Bertz CT molecular complexity index is 708. The lowest BCUT2D eigenvalue weighted by Gasteiger charge is -2.04. The highest BCUT2D eigenvalue weighted by Gasteiger charge is 2.70. The molecule has 1 N–H and O–H groups in total. The van der Waals surface area contributed by atoms with Gasteiger partial charge in [-0.15, -0.1) is 0 Å². The van der Waals surface area contributed by atoms with Crippen LogP contribution in [0, 0.1) is 16.7 Å². The van der Waals surface area contributed by atoms with Crippen molar-refractivity contribution in [2.45, 2.75) is 11.2 Å². The second-order valence-electron chi connectivity index (χ2n) is 5.15. The van der Waals surface area contributed by atoms with Gasteiger partial charge in [0.25, 0.3) is 0 Å². The standard InChI is InChI=1S/C13H13NO5S/c1-20(16,17)12-11(13(12,5-14)6-15)8-2-3-9-10(4-8)19-7-18-9/h2-4,11-12,15H,6-7H2,1H3. The molecular formula is C13H13NO5S. The van der Waals surface area contributed by atoms with E-state index in [0.29, 0.717) is 17.1 Å². The van der Waals surface area contributed by atoms with Gasteiger partial charge in [0, 0.05) is 12.2 Å². The minimum Gasteiger partial charge on any atom is -0.454 e. The second-order valence-corrected chi connectivity index (χ2v) is 7.32. The first-order valence-corrected chi connectivity index (χ1v) is 8.00. The summed E-state index contributed by atoms with van der Waals surface area (Å²) in [7, 11) is -3.43. The molecule has 20 heavy (non-hydrogen) atoms. The Morgan fingerprint density at radius 3 is 2.70 bits per heavy atom. The zero-order valence-corrected chi connectivity index (χ0v) is 11.6. The topological polar surface area (TPSA) is 96.6 Å². The summed E-state index contributed by atoms with van der Waals surface area (Å²) in [5, 5.41) is 17.9. The van der Waals surface area contributed by atoms with E-state index in [1.807, 2.05) is 6.07 Å². The molecule has 0 radical (unpaired) electrons. The van der Waals surface area contributed by atoms with Gasteiger partial charge in [0.15, 0.2) is 21.3 Å². The molecule has 3 unspecified atom stereocenters. The van der Waals surface area contributed by atoms with E-state index in [1.54, 1.807) is 18.2 Å². The molecule has 1 fully saturated rings. The van der Waals surface area contributed by atoms with Crippen molar-refractivity contribution in [3.63, 3.8) is 0 Å². The normalized spacial score (nSPS) is 30.9. The number of aliphatic hydroxyl groups is 1. The highest BCUT2D eigenvalue weighted by molar-refractivity contribution is 7.91. The number of nitrogens with zero attached hydrogens (tertiary/aromatic N) is 1. The Balaban J connectivity index is 2.04. The van der Waals surface area contributed by atoms with Gasteiger partial charge in [0.1, 0.15) is 5.41 Å². The number of nitriles is 1. The number of hydrogen-bond acceptors (Lipinski definition) is 6. The second kappa shape index (κ2) is 4.11. The van der Waals surface area contributed by atoms with Crippen LogP contribution in [0.1, 0.15) is 11.5 Å². The van der Waals surface area contributed by atoms with Crippen LogP contribution in [-0.2, 0) is 9.84 Å². The molecule has 1 aliphatic carbocycles.